The third kappa shape index (κ3) is 3.88. The average Bonchev–Trinajstić information content (AvgIpc) is 3.13. The number of hydrogen-bond acceptors (Lipinski definition) is 5. The molecule has 6 nitrogen and oxygen atoms in total. The zero-order valence-electron chi connectivity index (χ0n) is 16.1. The van der Waals surface area contributed by atoms with E-state index in [1.165, 1.54) is 0 Å². The molecule has 0 unspecified atom stereocenters. The van der Waals surface area contributed by atoms with Gasteiger partial charge in [0.2, 0.25) is 0 Å². The highest BCUT2D eigenvalue weighted by molar-refractivity contribution is 7.18. The maximum atomic E-state index is 12.9. The van der Waals surface area contributed by atoms with Gasteiger partial charge in [0.15, 0.2) is 0 Å². The predicted octanol–water partition coefficient (Wildman–Crippen LogP) is 4.08. The lowest BCUT2D eigenvalue weighted by molar-refractivity contribution is 0.0376. The number of hydrogen-bond donors (Lipinski definition) is 1. The first-order valence-corrected chi connectivity index (χ1v) is 9.59. The molecule has 2 heterocycles. The van der Waals surface area contributed by atoms with E-state index in [1.807, 2.05) is 24.3 Å². The molecule has 1 aromatic carbocycles. The third-order valence-corrected chi connectivity index (χ3v) is 5.28. The Labute approximate surface area is 162 Å². The fraction of sp³-hybridized carbons (Fsp3) is 0.350. The Kier molecular flexibility index (Phi) is 5.32. The predicted molar refractivity (Wildman–Crippen MR) is 106 cm³/mol. The highest BCUT2D eigenvalue weighted by Gasteiger charge is 2.25. The molecule has 3 aromatic rings. The van der Waals surface area contributed by atoms with Crippen LogP contribution in [0.25, 0.3) is 10.2 Å². The minimum Gasteiger partial charge on any atom is -0.459 e. The Balaban J connectivity index is 1.81. The molecule has 0 aliphatic rings. The highest BCUT2D eigenvalue weighted by Crippen LogP contribution is 2.24. The lowest BCUT2D eigenvalue weighted by Crippen LogP contribution is -2.27. The van der Waals surface area contributed by atoms with Crippen molar-refractivity contribution in [1.82, 2.24) is 14.9 Å². The van der Waals surface area contributed by atoms with Crippen LogP contribution in [-0.4, -0.2) is 39.9 Å². The topological polar surface area (TPSA) is 75.3 Å². The third-order valence-electron chi connectivity index (χ3n) is 4.26. The molecule has 27 heavy (non-hydrogen) atoms. The highest BCUT2D eigenvalue weighted by atomic mass is 32.1. The summed E-state index contributed by atoms with van der Waals surface area (Å²) in [5.74, 6) is -0.595. The van der Waals surface area contributed by atoms with Crippen LogP contribution in [0, 0.1) is 13.8 Å². The van der Waals surface area contributed by atoms with Crippen LogP contribution in [0.1, 0.15) is 51.0 Å². The number of thiazole rings is 1. The SMILES string of the molecule is Cc1[nH]c(C(=O)N(C)Cc2nc3ccccc3s2)c(C)c1C(=O)OC(C)C. The summed E-state index contributed by atoms with van der Waals surface area (Å²) in [5, 5.41) is 0.868. The molecule has 0 fully saturated rings. The number of nitrogens with one attached hydrogen (secondary N) is 1. The molecular formula is C20H23N3O3S. The zero-order valence-corrected chi connectivity index (χ0v) is 16.9. The summed E-state index contributed by atoms with van der Waals surface area (Å²) < 4.78 is 6.38. The van der Waals surface area contributed by atoms with E-state index in [0.29, 0.717) is 29.1 Å². The summed E-state index contributed by atoms with van der Waals surface area (Å²) in [4.78, 5) is 34.5. The van der Waals surface area contributed by atoms with Crippen LogP contribution in [0.3, 0.4) is 0 Å². The normalized spacial score (nSPS) is 11.2. The van der Waals surface area contributed by atoms with E-state index in [4.69, 9.17) is 4.74 Å². The Morgan fingerprint density at radius 1 is 1.26 bits per heavy atom. The van der Waals surface area contributed by atoms with Gasteiger partial charge in [-0.15, -0.1) is 11.3 Å². The Bertz CT molecular complexity index is 970. The number of esters is 1. The number of aromatic nitrogens is 2. The van der Waals surface area contributed by atoms with Crippen molar-refractivity contribution in [3.05, 3.63) is 51.8 Å². The minimum absolute atomic E-state index is 0.182. The summed E-state index contributed by atoms with van der Waals surface area (Å²) >= 11 is 1.57. The molecule has 0 saturated heterocycles. The second-order valence-electron chi connectivity index (χ2n) is 6.82. The molecule has 0 aliphatic heterocycles. The fourth-order valence-electron chi connectivity index (χ4n) is 3.00. The van der Waals surface area contributed by atoms with Gasteiger partial charge in [-0.2, -0.15) is 0 Å². The molecule has 0 aliphatic carbocycles. The molecule has 1 N–H and O–H groups in total. The summed E-state index contributed by atoms with van der Waals surface area (Å²) in [6, 6.07) is 7.90. The van der Waals surface area contributed by atoms with Gasteiger partial charge in [-0.25, -0.2) is 9.78 Å². The van der Waals surface area contributed by atoms with Crippen LogP contribution < -0.4 is 0 Å². The van der Waals surface area contributed by atoms with Crippen molar-refractivity contribution < 1.29 is 14.3 Å². The number of para-hydroxylation sites is 1. The van der Waals surface area contributed by atoms with Crippen molar-refractivity contribution >= 4 is 33.4 Å². The molecular weight excluding hydrogens is 362 g/mol. The van der Waals surface area contributed by atoms with Crippen LogP contribution in [0.15, 0.2) is 24.3 Å². The number of carbonyl (C=O) groups is 2. The second-order valence-corrected chi connectivity index (χ2v) is 7.93. The number of aromatic amines is 1. The fourth-order valence-corrected chi connectivity index (χ4v) is 4.02. The summed E-state index contributed by atoms with van der Waals surface area (Å²) in [5.41, 5.74) is 3.02. The minimum atomic E-state index is -0.413. The Morgan fingerprint density at radius 3 is 2.63 bits per heavy atom. The van der Waals surface area contributed by atoms with E-state index in [0.717, 1.165) is 15.2 Å². The van der Waals surface area contributed by atoms with E-state index >= 15 is 0 Å². The number of H-pyrrole nitrogens is 1. The van der Waals surface area contributed by atoms with Gasteiger partial charge in [0.1, 0.15) is 10.7 Å². The van der Waals surface area contributed by atoms with Gasteiger partial charge >= 0.3 is 5.97 Å². The maximum Gasteiger partial charge on any atom is 0.340 e. The van der Waals surface area contributed by atoms with E-state index in [-0.39, 0.29) is 12.0 Å². The molecule has 3 rings (SSSR count). The van der Waals surface area contributed by atoms with Crippen LogP contribution >= 0.6 is 11.3 Å². The second kappa shape index (κ2) is 7.52. The number of fused-ring (bicyclic) bond motifs is 1. The monoisotopic (exact) mass is 385 g/mol. The molecule has 142 valence electrons. The number of carbonyl (C=O) groups excluding carboxylic acids is 2. The van der Waals surface area contributed by atoms with Crippen molar-refractivity contribution in [3.63, 3.8) is 0 Å². The van der Waals surface area contributed by atoms with E-state index in [1.54, 1.807) is 51.0 Å². The van der Waals surface area contributed by atoms with Crippen molar-refractivity contribution in [3.8, 4) is 0 Å². The zero-order chi connectivity index (χ0) is 19.7. The van der Waals surface area contributed by atoms with Gasteiger partial charge in [-0.3, -0.25) is 4.79 Å². The van der Waals surface area contributed by atoms with Gasteiger partial charge in [-0.1, -0.05) is 12.1 Å². The average molecular weight is 385 g/mol. The maximum absolute atomic E-state index is 12.9. The summed E-state index contributed by atoms with van der Waals surface area (Å²) in [7, 11) is 1.73. The van der Waals surface area contributed by atoms with Crippen molar-refractivity contribution in [2.45, 2.75) is 40.3 Å². The van der Waals surface area contributed by atoms with Crippen molar-refractivity contribution in [2.75, 3.05) is 7.05 Å². The van der Waals surface area contributed by atoms with Gasteiger partial charge in [0.05, 0.1) is 28.4 Å². The van der Waals surface area contributed by atoms with E-state index < -0.39 is 5.97 Å². The van der Waals surface area contributed by atoms with E-state index in [9.17, 15) is 9.59 Å². The smallest absolute Gasteiger partial charge is 0.340 e. The van der Waals surface area contributed by atoms with Crippen molar-refractivity contribution in [2.24, 2.45) is 0 Å². The number of benzene rings is 1. The number of amides is 1. The largest absolute Gasteiger partial charge is 0.459 e. The molecule has 7 heteroatoms. The molecule has 0 spiro atoms. The van der Waals surface area contributed by atoms with Gasteiger partial charge in [0.25, 0.3) is 5.91 Å². The summed E-state index contributed by atoms with van der Waals surface area (Å²) in [6.07, 6.45) is -0.216. The van der Waals surface area contributed by atoms with Crippen LogP contribution in [-0.2, 0) is 11.3 Å². The first kappa shape index (κ1) is 19.1. The molecule has 2 aromatic heterocycles. The Hall–Kier alpha value is -2.67. The molecule has 0 atom stereocenters. The Morgan fingerprint density at radius 2 is 1.96 bits per heavy atom. The number of nitrogens with zero attached hydrogens (tertiary/aromatic N) is 2. The number of aryl methyl sites for hydroxylation is 1. The van der Waals surface area contributed by atoms with Crippen LogP contribution in [0.2, 0.25) is 0 Å². The van der Waals surface area contributed by atoms with Gasteiger partial charge in [0, 0.05) is 12.7 Å². The molecule has 0 saturated carbocycles. The first-order valence-electron chi connectivity index (χ1n) is 8.78. The lowest BCUT2D eigenvalue weighted by atomic mass is 10.1. The standard InChI is InChI=1S/C20H23N3O3S/c1-11(2)26-20(25)17-12(3)18(21-13(17)4)19(24)23(5)10-16-22-14-8-6-7-9-15(14)27-16/h6-9,11,21H,10H2,1-5H3. The number of ether oxygens (including phenoxy) is 1. The first-order chi connectivity index (χ1) is 12.8. The van der Waals surface area contributed by atoms with E-state index in [2.05, 4.69) is 9.97 Å². The molecule has 1 amide bonds. The quantitative estimate of drug-likeness (QED) is 0.672. The van der Waals surface area contributed by atoms with Crippen molar-refractivity contribution in [1.29, 1.82) is 0 Å². The molecule has 0 bridgehead atoms. The van der Waals surface area contributed by atoms with Gasteiger partial charge < -0.3 is 14.6 Å². The molecule has 0 radical (unpaired) electrons. The summed E-state index contributed by atoms with van der Waals surface area (Å²) in [6.45, 7) is 7.54. The van der Waals surface area contributed by atoms with Gasteiger partial charge in [-0.05, 0) is 45.4 Å². The van der Waals surface area contributed by atoms with Crippen LogP contribution in [0.5, 0.6) is 0 Å². The van der Waals surface area contributed by atoms with Crippen LogP contribution in [0.4, 0.5) is 0 Å². The number of rotatable bonds is 5. The lowest BCUT2D eigenvalue weighted by Gasteiger charge is -2.15.